The van der Waals surface area contributed by atoms with E-state index in [0.717, 1.165) is 4.31 Å². The number of alkyl halides is 3. The van der Waals surface area contributed by atoms with Crippen LogP contribution in [0.1, 0.15) is 32.8 Å². The number of carbonyl (C=O) groups is 2. The van der Waals surface area contributed by atoms with Gasteiger partial charge >= 0.3 is 18.2 Å². The second-order valence-electron chi connectivity index (χ2n) is 9.27. The molecule has 2 N–H and O–H groups in total. The lowest BCUT2D eigenvalue weighted by molar-refractivity contribution is -0.242. The van der Waals surface area contributed by atoms with Gasteiger partial charge in [-0.1, -0.05) is 19.1 Å². The third kappa shape index (κ3) is 6.27. The van der Waals surface area contributed by atoms with Crippen molar-refractivity contribution in [1.29, 1.82) is 0 Å². The van der Waals surface area contributed by atoms with E-state index in [2.05, 4.69) is 10.1 Å². The van der Waals surface area contributed by atoms with Gasteiger partial charge in [0.25, 0.3) is 10.0 Å². The summed E-state index contributed by atoms with van der Waals surface area (Å²) >= 11 is 0. The summed E-state index contributed by atoms with van der Waals surface area (Å²) < 4.78 is 77.9. The molecule has 202 valence electrons. The van der Waals surface area contributed by atoms with Crippen LogP contribution >= 0.6 is 0 Å². The van der Waals surface area contributed by atoms with Crippen molar-refractivity contribution >= 4 is 33.5 Å². The molecule has 13 heteroatoms. The number of ether oxygens (including phenoxy) is 2. The predicted molar refractivity (Wildman–Crippen MR) is 128 cm³/mol. The zero-order valence-corrected chi connectivity index (χ0v) is 21.3. The summed E-state index contributed by atoms with van der Waals surface area (Å²) in [4.78, 5) is 23.5. The largest absolute Gasteiger partial charge is 0.486 e. The fraction of sp³-hybridized carbons (Fsp3) is 0.417. The lowest BCUT2D eigenvalue weighted by Gasteiger charge is -2.36. The molecule has 3 rings (SSSR count). The van der Waals surface area contributed by atoms with Gasteiger partial charge in [0.15, 0.2) is 0 Å². The molecule has 37 heavy (non-hydrogen) atoms. The van der Waals surface area contributed by atoms with Gasteiger partial charge < -0.3 is 14.6 Å². The highest BCUT2D eigenvalue weighted by molar-refractivity contribution is 7.92. The molecular weight excluding hydrogens is 517 g/mol. The van der Waals surface area contributed by atoms with Gasteiger partial charge in [-0.15, -0.1) is 0 Å². The van der Waals surface area contributed by atoms with Crippen LogP contribution < -0.4 is 14.4 Å². The van der Waals surface area contributed by atoms with Gasteiger partial charge in [0, 0.05) is 5.69 Å². The van der Waals surface area contributed by atoms with Crippen LogP contribution in [0, 0.1) is 12.8 Å². The first-order valence-corrected chi connectivity index (χ1v) is 12.6. The Bertz CT molecular complexity index is 1300. The molecular formula is C24H27F3N2O7S. The molecule has 2 aromatic rings. The van der Waals surface area contributed by atoms with Gasteiger partial charge in [-0.2, -0.15) is 13.2 Å². The molecule has 0 spiro atoms. The molecule has 2 atom stereocenters. The Kier molecular flexibility index (Phi) is 7.68. The summed E-state index contributed by atoms with van der Waals surface area (Å²) in [6.45, 7) is 4.36. The van der Waals surface area contributed by atoms with Crippen LogP contribution in [-0.4, -0.2) is 50.0 Å². The molecule has 0 aromatic heterocycles. The van der Waals surface area contributed by atoms with E-state index < -0.39 is 45.9 Å². The van der Waals surface area contributed by atoms with E-state index in [1.165, 1.54) is 37.3 Å². The van der Waals surface area contributed by atoms with E-state index in [1.54, 1.807) is 19.1 Å². The maximum Gasteiger partial charge on any atom is 0.427 e. The summed E-state index contributed by atoms with van der Waals surface area (Å²) in [5.41, 5.74) is -2.08. The minimum atomic E-state index is -4.81. The molecule has 0 bridgehead atoms. The van der Waals surface area contributed by atoms with Crippen molar-refractivity contribution in [3.63, 3.8) is 0 Å². The van der Waals surface area contributed by atoms with Crippen molar-refractivity contribution < 1.29 is 45.8 Å². The van der Waals surface area contributed by atoms with Gasteiger partial charge in [-0.3, -0.25) is 14.4 Å². The molecule has 1 heterocycles. The van der Waals surface area contributed by atoms with Crippen molar-refractivity contribution in [2.45, 2.75) is 56.9 Å². The smallest absolute Gasteiger partial charge is 0.427 e. The molecule has 1 aliphatic heterocycles. The fourth-order valence-corrected chi connectivity index (χ4v) is 5.18. The zero-order valence-electron chi connectivity index (χ0n) is 20.5. The number of nitrogens with zero attached hydrogens (tertiary/aromatic N) is 1. The topological polar surface area (TPSA) is 122 Å². The molecule has 9 nitrogen and oxygen atoms in total. The van der Waals surface area contributed by atoms with Crippen LogP contribution in [0.25, 0.3) is 0 Å². The first-order chi connectivity index (χ1) is 17.0. The number of aryl methyl sites for hydroxylation is 1. The molecule has 0 radical (unpaired) electrons. The quantitative estimate of drug-likeness (QED) is 0.506. The number of carboxylic acids is 1. The number of aliphatic carboxylic acids is 1. The Morgan fingerprint density at radius 1 is 1.22 bits per heavy atom. The third-order valence-corrected chi connectivity index (χ3v) is 7.56. The summed E-state index contributed by atoms with van der Waals surface area (Å²) in [6, 6.07) is 10.1. The SMILES string of the molecule is Cc1cccc(S(=O)(=O)N2C[C@H](C[C@@H](C)C(=O)O)Oc3ccc(NC(=O)OC(C)(C)C(F)(F)F)cc32)c1. The standard InChI is InChI=1S/C24H27F3N2O7S/c1-14-6-5-7-18(10-14)37(33,34)29-13-17(11-15(2)21(30)31)35-20-9-8-16(12-19(20)29)28-22(32)36-23(3,4)24(25,26)27/h5-10,12,15,17H,11,13H2,1-4H3,(H,28,32)(H,30,31)/t15-,17+/m1/s1. The number of hydrogen-bond acceptors (Lipinski definition) is 6. The summed E-state index contributed by atoms with van der Waals surface area (Å²) in [5, 5.41) is 11.5. The van der Waals surface area contributed by atoms with Gasteiger partial charge in [0.05, 0.1) is 23.0 Å². The summed E-state index contributed by atoms with van der Waals surface area (Å²) in [5.74, 6) is -1.79. The van der Waals surface area contributed by atoms with Crippen molar-refractivity contribution in [3.05, 3.63) is 48.0 Å². The van der Waals surface area contributed by atoms with Crippen LogP contribution in [0.2, 0.25) is 0 Å². The second-order valence-corrected chi connectivity index (χ2v) is 11.1. The van der Waals surface area contributed by atoms with E-state index in [4.69, 9.17) is 4.74 Å². The first-order valence-electron chi connectivity index (χ1n) is 11.2. The van der Waals surface area contributed by atoms with E-state index in [1.807, 2.05) is 0 Å². The number of anilines is 2. The van der Waals surface area contributed by atoms with Crippen LogP contribution in [-0.2, 0) is 19.6 Å². The van der Waals surface area contributed by atoms with Crippen LogP contribution in [0.5, 0.6) is 5.75 Å². The lowest BCUT2D eigenvalue weighted by atomic mass is 10.0. The molecule has 0 aliphatic carbocycles. The van der Waals surface area contributed by atoms with Crippen LogP contribution in [0.3, 0.4) is 0 Å². The number of halogens is 3. The number of nitrogens with one attached hydrogen (secondary N) is 1. The van der Waals surface area contributed by atoms with Crippen molar-refractivity contribution in [2.75, 3.05) is 16.2 Å². The highest BCUT2D eigenvalue weighted by Gasteiger charge is 2.51. The maximum absolute atomic E-state index is 13.6. The molecule has 0 saturated heterocycles. The summed E-state index contributed by atoms with van der Waals surface area (Å²) in [7, 11) is -4.17. The lowest BCUT2D eigenvalue weighted by Crippen LogP contribution is -2.45. The Balaban J connectivity index is 1.98. The van der Waals surface area contributed by atoms with E-state index in [9.17, 15) is 36.3 Å². The Morgan fingerprint density at radius 2 is 1.89 bits per heavy atom. The van der Waals surface area contributed by atoms with Gasteiger partial charge in [0.2, 0.25) is 5.60 Å². The maximum atomic E-state index is 13.6. The van der Waals surface area contributed by atoms with E-state index in [0.29, 0.717) is 19.4 Å². The Labute approximate surface area is 212 Å². The molecule has 1 aliphatic rings. The number of amides is 1. The minimum Gasteiger partial charge on any atom is -0.486 e. The van der Waals surface area contributed by atoms with E-state index in [-0.39, 0.29) is 35.0 Å². The fourth-order valence-electron chi connectivity index (χ4n) is 3.57. The highest BCUT2D eigenvalue weighted by Crippen LogP contribution is 2.40. The predicted octanol–water partition coefficient (Wildman–Crippen LogP) is 4.95. The molecule has 1 amide bonds. The van der Waals surface area contributed by atoms with Crippen molar-refractivity contribution in [2.24, 2.45) is 5.92 Å². The summed E-state index contributed by atoms with van der Waals surface area (Å²) in [6.07, 6.45) is -6.97. The average Bonchev–Trinajstić information content (AvgIpc) is 2.77. The molecule has 2 aromatic carbocycles. The van der Waals surface area contributed by atoms with Crippen molar-refractivity contribution in [1.82, 2.24) is 0 Å². The van der Waals surface area contributed by atoms with Gasteiger partial charge in [-0.25, -0.2) is 13.2 Å². The number of carbonyl (C=O) groups excluding carboxylic acids is 1. The second kappa shape index (κ2) is 10.1. The molecule has 0 unspecified atom stereocenters. The molecule has 0 fully saturated rings. The number of sulfonamides is 1. The Morgan fingerprint density at radius 3 is 2.49 bits per heavy atom. The number of benzene rings is 2. The van der Waals surface area contributed by atoms with E-state index >= 15 is 0 Å². The Hall–Kier alpha value is -3.48. The van der Waals surface area contributed by atoms with Gasteiger partial charge in [-0.05, 0) is 63.1 Å². The number of carboxylic acid groups (broad SMARTS) is 1. The molecule has 0 saturated carbocycles. The number of rotatable bonds is 7. The highest BCUT2D eigenvalue weighted by atomic mass is 32.2. The minimum absolute atomic E-state index is 0.0184. The third-order valence-electron chi connectivity index (χ3n) is 5.78. The van der Waals surface area contributed by atoms with Crippen LogP contribution in [0.4, 0.5) is 29.3 Å². The first kappa shape index (κ1) is 28.1. The zero-order chi connectivity index (χ0) is 27.8. The number of hydrogen-bond donors (Lipinski definition) is 2. The number of fused-ring (bicyclic) bond motifs is 1. The van der Waals surface area contributed by atoms with Crippen LogP contribution in [0.15, 0.2) is 47.4 Å². The van der Waals surface area contributed by atoms with Crippen molar-refractivity contribution in [3.8, 4) is 5.75 Å². The normalized spacial score (nSPS) is 16.8. The monoisotopic (exact) mass is 544 g/mol. The average molecular weight is 545 g/mol. The van der Waals surface area contributed by atoms with Gasteiger partial charge in [0.1, 0.15) is 11.9 Å².